The third-order valence-corrected chi connectivity index (χ3v) is 7.08. The van der Waals surface area contributed by atoms with Crippen molar-refractivity contribution in [1.82, 2.24) is 24.4 Å². The second-order valence-corrected chi connectivity index (χ2v) is 9.44. The normalized spacial score (nSPS) is 13.6. The van der Waals surface area contributed by atoms with Crippen molar-refractivity contribution in [3.8, 4) is 5.69 Å². The number of piperidine rings is 1. The minimum absolute atomic E-state index is 0. The Morgan fingerprint density at radius 3 is 2.69 bits per heavy atom. The summed E-state index contributed by atoms with van der Waals surface area (Å²) in [6.07, 6.45) is 8.10. The number of para-hydroxylation sites is 1. The molecular weight excluding hydrogens is 535 g/mol. The standard InChI is InChI=1S/C29H30N6O2.2ClH/c1-2-37-29(36)23-5-3-4-6-26(23)35-16-12-24-27(35)28(32-19-31-24)33-22-7-8-25-21(17-22)11-15-34(25)18-20-9-13-30-14-10-20;;/h3-8,11-12,15-17,19-20,30H,2,9-10,13-14,18H2,1H3,(H,31,32,33);2*1H. The van der Waals surface area contributed by atoms with E-state index in [4.69, 9.17) is 4.74 Å². The zero-order valence-corrected chi connectivity index (χ0v) is 23.3. The van der Waals surface area contributed by atoms with E-state index in [0.717, 1.165) is 42.0 Å². The molecule has 2 N–H and O–H groups in total. The molecule has 8 nitrogen and oxygen atoms in total. The fourth-order valence-electron chi connectivity index (χ4n) is 5.25. The van der Waals surface area contributed by atoms with Crippen LogP contribution >= 0.6 is 24.8 Å². The molecule has 3 aromatic heterocycles. The van der Waals surface area contributed by atoms with Gasteiger partial charge < -0.3 is 24.5 Å². The summed E-state index contributed by atoms with van der Waals surface area (Å²) >= 11 is 0. The van der Waals surface area contributed by atoms with Gasteiger partial charge in [-0.05, 0) is 81.2 Å². The zero-order chi connectivity index (χ0) is 25.2. The smallest absolute Gasteiger partial charge is 0.340 e. The molecule has 1 saturated heterocycles. The first kappa shape index (κ1) is 28.4. The van der Waals surface area contributed by atoms with Crippen LogP contribution in [0.2, 0.25) is 0 Å². The van der Waals surface area contributed by atoms with E-state index >= 15 is 0 Å². The SMILES string of the molecule is CCOC(=O)c1ccccc1-n1ccc2ncnc(Nc3ccc4c(ccn4CC4CCNCC4)c3)c21.Cl.Cl. The summed E-state index contributed by atoms with van der Waals surface area (Å²) in [5.41, 5.74) is 4.97. The average molecular weight is 568 g/mol. The van der Waals surface area contributed by atoms with Gasteiger partial charge in [0.1, 0.15) is 11.8 Å². The largest absolute Gasteiger partial charge is 0.462 e. The van der Waals surface area contributed by atoms with Crippen LogP contribution in [0.1, 0.15) is 30.1 Å². The number of esters is 1. The molecule has 0 spiro atoms. The van der Waals surface area contributed by atoms with Crippen LogP contribution < -0.4 is 10.6 Å². The Hall–Kier alpha value is -3.59. The second-order valence-electron chi connectivity index (χ2n) is 9.44. The first-order chi connectivity index (χ1) is 18.2. The van der Waals surface area contributed by atoms with Crippen molar-refractivity contribution in [2.75, 3.05) is 25.0 Å². The van der Waals surface area contributed by atoms with Gasteiger partial charge in [-0.15, -0.1) is 24.8 Å². The Labute approximate surface area is 239 Å². The molecule has 6 rings (SSSR count). The van der Waals surface area contributed by atoms with Crippen molar-refractivity contribution in [3.05, 3.63) is 78.9 Å². The van der Waals surface area contributed by atoms with Gasteiger partial charge in [-0.2, -0.15) is 0 Å². The predicted molar refractivity (Wildman–Crippen MR) is 160 cm³/mol. The van der Waals surface area contributed by atoms with E-state index in [1.54, 1.807) is 19.3 Å². The monoisotopic (exact) mass is 566 g/mol. The molecule has 39 heavy (non-hydrogen) atoms. The summed E-state index contributed by atoms with van der Waals surface area (Å²) in [5, 5.41) is 8.13. The van der Waals surface area contributed by atoms with E-state index in [1.807, 2.05) is 35.0 Å². The highest BCUT2D eigenvalue weighted by atomic mass is 35.5. The van der Waals surface area contributed by atoms with E-state index in [2.05, 4.69) is 55.6 Å². The molecule has 0 aliphatic carbocycles. The Balaban J connectivity index is 0.00000176. The molecule has 1 fully saturated rings. The molecule has 0 amide bonds. The van der Waals surface area contributed by atoms with E-state index in [1.165, 1.54) is 23.7 Å². The summed E-state index contributed by atoms with van der Waals surface area (Å²) in [5.74, 6) is 1.03. The zero-order valence-electron chi connectivity index (χ0n) is 21.7. The minimum atomic E-state index is -0.356. The van der Waals surface area contributed by atoms with Gasteiger partial charge in [0.25, 0.3) is 0 Å². The number of anilines is 2. The number of hydrogen-bond acceptors (Lipinski definition) is 6. The van der Waals surface area contributed by atoms with Gasteiger partial charge in [0.15, 0.2) is 5.82 Å². The van der Waals surface area contributed by atoms with Crippen LogP contribution in [0.3, 0.4) is 0 Å². The summed E-state index contributed by atoms with van der Waals surface area (Å²) in [4.78, 5) is 21.7. The average Bonchev–Trinajstić information content (AvgIpc) is 3.54. The fraction of sp³-hybridized carbons (Fsp3) is 0.276. The van der Waals surface area contributed by atoms with Crippen LogP contribution in [0.5, 0.6) is 0 Å². The summed E-state index contributed by atoms with van der Waals surface area (Å²) < 4.78 is 9.60. The maximum Gasteiger partial charge on any atom is 0.340 e. The molecule has 0 atom stereocenters. The van der Waals surface area contributed by atoms with Crippen LogP contribution in [0.4, 0.5) is 11.5 Å². The molecule has 5 aromatic rings. The summed E-state index contributed by atoms with van der Waals surface area (Å²) in [6, 6.07) is 17.9. The first-order valence-electron chi connectivity index (χ1n) is 12.9. The molecular formula is C29H32Cl2N6O2. The number of nitrogens with zero attached hydrogens (tertiary/aromatic N) is 4. The van der Waals surface area contributed by atoms with E-state index < -0.39 is 0 Å². The van der Waals surface area contributed by atoms with Crippen LogP contribution in [0.25, 0.3) is 27.6 Å². The van der Waals surface area contributed by atoms with Crippen LogP contribution in [0, 0.1) is 5.92 Å². The Kier molecular flexibility index (Phi) is 9.12. The Bertz CT molecular complexity index is 1570. The summed E-state index contributed by atoms with van der Waals surface area (Å²) in [7, 11) is 0. The molecule has 204 valence electrons. The van der Waals surface area contributed by atoms with Gasteiger partial charge in [-0.1, -0.05) is 12.1 Å². The number of carbonyl (C=O) groups is 1. The highest BCUT2D eigenvalue weighted by Crippen LogP contribution is 2.30. The van der Waals surface area contributed by atoms with Crippen molar-refractivity contribution in [1.29, 1.82) is 0 Å². The molecule has 0 bridgehead atoms. The predicted octanol–water partition coefficient (Wildman–Crippen LogP) is 6.14. The molecule has 2 aromatic carbocycles. The van der Waals surface area contributed by atoms with E-state index in [9.17, 15) is 4.79 Å². The quantitative estimate of drug-likeness (QED) is 0.230. The lowest BCUT2D eigenvalue weighted by atomic mass is 9.98. The van der Waals surface area contributed by atoms with Crippen molar-refractivity contribution >= 4 is 64.2 Å². The van der Waals surface area contributed by atoms with Gasteiger partial charge in [-0.3, -0.25) is 0 Å². The molecule has 4 heterocycles. The number of aromatic nitrogens is 4. The highest BCUT2D eigenvalue weighted by molar-refractivity contribution is 5.96. The van der Waals surface area contributed by atoms with Crippen molar-refractivity contribution < 1.29 is 9.53 Å². The molecule has 1 aliphatic heterocycles. The van der Waals surface area contributed by atoms with Gasteiger partial charge >= 0.3 is 5.97 Å². The Morgan fingerprint density at radius 1 is 1.05 bits per heavy atom. The van der Waals surface area contributed by atoms with Gasteiger partial charge in [0.05, 0.1) is 23.4 Å². The maximum atomic E-state index is 12.6. The van der Waals surface area contributed by atoms with Crippen LogP contribution in [-0.4, -0.2) is 44.8 Å². The lowest BCUT2D eigenvalue weighted by Crippen LogP contribution is -2.29. The number of fused-ring (bicyclic) bond motifs is 2. The topological polar surface area (TPSA) is 86.0 Å². The number of ether oxygens (including phenoxy) is 1. The molecule has 0 unspecified atom stereocenters. The third-order valence-electron chi connectivity index (χ3n) is 7.08. The fourth-order valence-corrected chi connectivity index (χ4v) is 5.25. The van der Waals surface area contributed by atoms with Crippen molar-refractivity contribution in [2.24, 2.45) is 5.92 Å². The molecule has 0 saturated carbocycles. The van der Waals surface area contributed by atoms with E-state index in [-0.39, 0.29) is 30.8 Å². The lowest BCUT2D eigenvalue weighted by Gasteiger charge is -2.23. The number of rotatable bonds is 7. The van der Waals surface area contributed by atoms with Crippen LogP contribution in [0.15, 0.2) is 73.3 Å². The summed E-state index contributed by atoms with van der Waals surface area (Å²) in [6.45, 7) is 5.39. The minimum Gasteiger partial charge on any atom is -0.462 e. The molecule has 1 aliphatic rings. The highest BCUT2D eigenvalue weighted by Gasteiger charge is 2.18. The molecule has 0 radical (unpaired) electrons. The van der Waals surface area contributed by atoms with Crippen LogP contribution in [-0.2, 0) is 11.3 Å². The molecule has 10 heteroatoms. The van der Waals surface area contributed by atoms with Crippen molar-refractivity contribution in [2.45, 2.75) is 26.3 Å². The second kappa shape index (κ2) is 12.5. The van der Waals surface area contributed by atoms with Gasteiger partial charge in [-0.25, -0.2) is 14.8 Å². The lowest BCUT2D eigenvalue weighted by molar-refractivity contribution is 0.0526. The number of nitrogens with one attached hydrogen (secondary N) is 2. The van der Waals surface area contributed by atoms with Crippen molar-refractivity contribution in [3.63, 3.8) is 0 Å². The number of hydrogen-bond donors (Lipinski definition) is 2. The maximum absolute atomic E-state index is 12.6. The van der Waals surface area contributed by atoms with Gasteiger partial charge in [0.2, 0.25) is 0 Å². The van der Waals surface area contributed by atoms with E-state index in [0.29, 0.717) is 23.9 Å². The third kappa shape index (κ3) is 5.73. The number of halogens is 2. The number of carbonyl (C=O) groups excluding carboxylic acids is 1. The van der Waals surface area contributed by atoms with Gasteiger partial charge in [0, 0.05) is 35.5 Å². The Morgan fingerprint density at radius 2 is 1.87 bits per heavy atom. The number of benzene rings is 2. The first-order valence-corrected chi connectivity index (χ1v) is 12.9.